The predicted molar refractivity (Wildman–Crippen MR) is 65.6 cm³/mol. The first-order chi connectivity index (χ1) is 7.30. The normalized spacial score (nSPS) is 20.5. The first-order valence-electron chi connectivity index (χ1n) is 5.51. The summed E-state index contributed by atoms with van der Waals surface area (Å²) in [6.45, 7) is 5.11. The Hall–Kier alpha value is -0.480. The Labute approximate surface area is 96.1 Å². The molecule has 2 N–H and O–H groups in total. The van der Waals surface area contributed by atoms with Crippen molar-refractivity contribution in [1.29, 1.82) is 0 Å². The van der Waals surface area contributed by atoms with Gasteiger partial charge >= 0.3 is 0 Å². The van der Waals surface area contributed by atoms with Crippen molar-refractivity contribution in [3.8, 4) is 0 Å². The van der Waals surface area contributed by atoms with Gasteiger partial charge in [-0.3, -0.25) is 4.90 Å². The van der Waals surface area contributed by atoms with Crippen LogP contribution < -0.4 is 5.73 Å². The summed E-state index contributed by atoms with van der Waals surface area (Å²) in [6, 6.07) is 0. The molecular weight excluding hydrogens is 208 g/mol. The van der Waals surface area contributed by atoms with Gasteiger partial charge < -0.3 is 10.5 Å². The molecule has 86 valence electrons. The summed E-state index contributed by atoms with van der Waals surface area (Å²) in [5, 5.41) is 0. The van der Waals surface area contributed by atoms with Crippen LogP contribution in [0.25, 0.3) is 0 Å². The Kier molecular flexibility index (Phi) is 5.79. The van der Waals surface area contributed by atoms with Crippen molar-refractivity contribution in [2.24, 2.45) is 11.7 Å². The summed E-state index contributed by atoms with van der Waals surface area (Å²) in [7, 11) is 0. The summed E-state index contributed by atoms with van der Waals surface area (Å²) in [6.07, 6.45) is 4.80. The van der Waals surface area contributed by atoms with Gasteiger partial charge in [-0.25, -0.2) is 0 Å². The zero-order chi connectivity index (χ0) is 11.1. The summed E-state index contributed by atoms with van der Waals surface area (Å²) in [4.78, 5) is 14.2. The van der Waals surface area contributed by atoms with Crippen LogP contribution in [-0.4, -0.2) is 36.6 Å². The molecule has 1 saturated heterocycles. The summed E-state index contributed by atoms with van der Waals surface area (Å²) < 4.78 is 0. The molecule has 0 saturated carbocycles. The number of nitrogens with two attached hydrogens (primary N) is 1. The lowest BCUT2D eigenvalue weighted by Crippen LogP contribution is -2.35. The topological polar surface area (TPSA) is 46.3 Å². The maximum Gasteiger partial charge on any atom is 0.123 e. The Morgan fingerprint density at radius 1 is 1.53 bits per heavy atom. The third-order valence-electron chi connectivity index (χ3n) is 2.72. The molecule has 0 spiro atoms. The number of carbonyl (C=O) groups is 1. The zero-order valence-corrected chi connectivity index (χ0v) is 10.1. The van der Waals surface area contributed by atoms with Crippen molar-refractivity contribution in [3.05, 3.63) is 11.1 Å². The fourth-order valence-electron chi connectivity index (χ4n) is 1.80. The number of hydrogen-bond donors (Lipinski definition) is 1. The second kappa shape index (κ2) is 6.90. The molecule has 0 aromatic carbocycles. The molecule has 0 atom stereocenters. The van der Waals surface area contributed by atoms with Gasteiger partial charge in [0, 0.05) is 23.6 Å². The second-order valence-corrected chi connectivity index (χ2v) is 5.21. The number of nitrogens with zero attached hydrogens (tertiary/aromatic N) is 1. The van der Waals surface area contributed by atoms with E-state index in [-0.39, 0.29) is 5.92 Å². The third kappa shape index (κ3) is 4.26. The van der Waals surface area contributed by atoms with Crippen LogP contribution >= 0.6 is 11.8 Å². The Morgan fingerprint density at radius 2 is 2.20 bits per heavy atom. The van der Waals surface area contributed by atoms with Crippen LogP contribution in [0.3, 0.4) is 0 Å². The summed E-state index contributed by atoms with van der Waals surface area (Å²) >= 11 is 1.80. The van der Waals surface area contributed by atoms with E-state index in [1.165, 1.54) is 4.91 Å². The fourth-order valence-corrected chi connectivity index (χ4v) is 2.54. The van der Waals surface area contributed by atoms with Gasteiger partial charge in [0.05, 0.1) is 0 Å². The molecular formula is C11H20N2OS. The van der Waals surface area contributed by atoms with Crippen LogP contribution in [0.15, 0.2) is 11.1 Å². The molecule has 0 aromatic rings. The van der Waals surface area contributed by atoms with Gasteiger partial charge in [0.1, 0.15) is 6.29 Å². The minimum atomic E-state index is 0.283. The first-order valence-corrected chi connectivity index (χ1v) is 6.50. The minimum absolute atomic E-state index is 0.283. The Balaban J connectivity index is 2.31. The maximum absolute atomic E-state index is 10.6. The molecule has 0 radical (unpaired) electrons. The highest BCUT2D eigenvalue weighted by Gasteiger charge is 2.18. The van der Waals surface area contributed by atoms with E-state index in [1.807, 2.05) is 0 Å². The van der Waals surface area contributed by atoms with E-state index in [9.17, 15) is 4.79 Å². The predicted octanol–water partition coefficient (Wildman–Crippen LogP) is 1.45. The SMILES string of the molecule is CCS/C(=C\N)CN1CCC(C=O)CC1. The van der Waals surface area contributed by atoms with Crippen molar-refractivity contribution in [2.75, 3.05) is 25.4 Å². The number of hydrogen-bond acceptors (Lipinski definition) is 4. The average Bonchev–Trinajstić information content (AvgIpc) is 2.29. The number of thioether (sulfide) groups is 1. The van der Waals surface area contributed by atoms with E-state index in [4.69, 9.17) is 5.73 Å². The number of likely N-dealkylation sites (tertiary alicyclic amines) is 1. The molecule has 0 aliphatic carbocycles. The van der Waals surface area contributed by atoms with Crippen LogP contribution in [0.1, 0.15) is 19.8 Å². The van der Waals surface area contributed by atoms with Crippen molar-refractivity contribution >= 4 is 18.0 Å². The van der Waals surface area contributed by atoms with Crippen LogP contribution in [0.4, 0.5) is 0 Å². The van der Waals surface area contributed by atoms with Crippen LogP contribution in [0.5, 0.6) is 0 Å². The van der Waals surface area contributed by atoms with E-state index < -0.39 is 0 Å². The van der Waals surface area contributed by atoms with Gasteiger partial charge in [-0.2, -0.15) is 0 Å². The fraction of sp³-hybridized carbons (Fsp3) is 0.727. The molecule has 1 rings (SSSR count). The highest BCUT2D eigenvalue weighted by atomic mass is 32.2. The highest BCUT2D eigenvalue weighted by Crippen LogP contribution is 2.20. The lowest BCUT2D eigenvalue weighted by Gasteiger charge is -2.29. The standard InChI is InChI=1S/C11H20N2OS/c1-2-15-11(7-12)8-13-5-3-10(9-14)4-6-13/h7,9-10H,2-6,8,12H2,1H3/b11-7-. The molecule has 0 aromatic heterocycles. The average molecular weight is 228 g/mol. The van der Waals surface area contributed by atoms with Gasteiger partial charge in [0.25, 0.3) is 0 Å². The van der Waals surface area contributed by atoms with Crippen LogP contribution in [0, 0.1) is 5.92 Å². The minimum Gasteiger partial charge on any atom is -0.404 e. The number of aldehydes is 1. The second-order valence-electron chi connectivity index (χ2n) is 3.82. The van der Waals surface area contributed by atoms with E-state index in [2.05, 4.69) is 11.8 Å². The summed E-state index contributed by atoms with van der Waals surface area (Å²) in [5.41, 5.74) is 5.56. The molecule has 0 unspecified atom stereocenters. The van der Waals surface area contributed by atoms with Crippen molar-refractivity contribution in [2.45, 2.75) is 19.8 Å². The van der Waals surface area contributed by atoms with Crippen molar-refractivity contribution in [3.63, 3.8) is 0 Å². The number of piperidine rings is 1. The van der Waals surface area contributed by atoms with Crippen LogP contribution in [-0.2, 0) is 4.79 Å². The molecule has 1 aliphatic heterocycles. The van der Waals surface area contributed by atoms with E-state index in [1.54, 1.807) is 18.0 Å². The lowest BCUT2D eigenvalue weighted by molar-refractivity contribution is -0.112. The van der Waals surface area contributed by atoms with Gasteiger partial charge in [0.15, 0.2) is 0 Å². The third-order valence-corrected chi connectivity index (χ3v) is 3.64. The molecule has 3 nitrogen and oxygen atoms in total. The van der Waals surface area contributed by atoms with E-state index in [0.29, 0.717) is 0 Å². The highest BCUT2D eigenvalue weighted by molar-refractivity contribution is 8.03. The van der Waals surface area contributed by atoms with Crippen molar-refractivity contribution < 1.29 is 4.79 Å². The van der Waals surface area contributed by atoms with Gasteiger partial charge in [-0.15, -0.1) is 11.8 Å². The van der Waals surface area contributed by atoms with Gasteiger partial charge in [-0.1, -0.05) is 6.92 Å². The smallest absolute Gasteiger partial charge is 0.123 e. The lowest BCUT2D eigenvalue weighted by atomic mass is 9.99. The molecule has 4 heteroatoms. The maximum atomic E-state index is 10.6. The molecule has 1 heterocycles. The number of carbonyl (C=O) groups excluding carboxylic acids is 1. The van der Waals surface area contributed by atoms with E-state index in [0.717, 1.165) is 44.5 Å². The molecule has 0 bridgehead atoms. The molecule has 0 amide bonds. The Bertz CT molecular complexity index is 223. The number of rotatable bonds is 5. The molecule has 1 aliphatic rings. The first kappa shape index (κ1) is 12.6. The van der Waals surface area contributed by atoms with Gasteiger partial charge in [0.2, 0.25) is 0 Å². The Morgan fingerprint density at radius 3 is 2.67 bits per heavy atom. The molecule has 1 fully saturated rings. The van der Waals surface area contributed by atoms with Crippen LogP contribution in [0.2, 0.25) is 0 Å². The van der Waals surface area contributed by atoms with Gasteiger partial charge in [-0.05, 0) is 31.7 Å². The van der Waals surface area contributed by atoms with E-state index >= 15 is 0 Å². The zero-order valence-electron chi connectivity index (χ0n) is 9.32. The molecule has 15 heavy (non-hydrogen) atoms. The quantitative estimate of drug-likeness (QED) is 0.724. The van der Waals surface area contributed by atoms with Crippen molar-refractivity contribution in [1.82, 2.24) is 4.90 Å². The summed E-state index contributed by atoms with van der Waals surface area (Å²) in [5.74, 6) is 1.35. The largest absolute Gasteiger partial charge is 0.404 e. The monoisotopic (exact) mass is 228 g/mol.